The van der Waals surface area contributed by atoms with Gasteiger partial charge in [0.1, 0.15) is 96.2 Å². The molecule has 3 fully saturated rings. The molecule has 0 saturated carbocycles. The van der Waals surface area contributed by atoms with E-state index in [1.165, 1.54) is 21.0 Å². The second-order valence-electron chi connectivity index (χ2n) is 17.7. The molecule has 16 atom stereocenters. The fourth-order valence-corrected chi connectivity index (χ4v) is 8.76. The summed E-state index contributed by atoms with van der Waals surface area (Å²) in [6.07, 6.45) is -25.6. The first-order valence-electron chi connectivity index (χ1n) is 21.6. The first-order valence-corrected chi connectivity index (χ1v) is 21.6. The fraction of sp³-hybridized carbons (Fsp3) is 0.578. The molecule has 1 aromatic heterocycles. The number of esters is 2. The molecule has 10 N–H and O–H groups in total. The van der Waals surface area contributed by atoms with E-state index in [0.717, 1.165) is 24.6 Å². The molecule has 23 nitrogen and oxygen atoms in total. The number of aliphatic hydroxyl groups excluding tert-OH is 8. The lowest BCUT2D eigenvalue weighted by atomic mass is 9.81. The Morgan fingerprint density at radius 2 is 1.40 bits per heavy atom. The molecule has 374 valence electrons. The second-order valence-corrected chi connectivity index (χ2v) is 17.7. The largest absolute Gasteiger partial charge is 0.504 e. The summed E-state index contributed by atoms with van der Waals surface area (Å²) in [4.78, 5) is 37.1. The normalized spacial score (nSPS) is 34.8. The van der Waals surface area contributed by atoms with E-state index >= 15 is 0 Å². The maximum Gasteiger partial charge on any atom is 0.303 e. The lowest BCUT2D eigenvalue weighted by Crippen LogP contribution is -2.67. The van der Waals surface area contributed by atoms with E-state index in [2.05, 4.69) is 0 Å². The number of benzene rings is 2. The molecule has 4 heterocycles. The van der Waals surface area contributed by atoms with E-state index in [0.29, 0.717) is 23.3 Å². The zero-order valence-electron chi connectivity index (χ0n) is 37.6. The van der Waals surface area contributed by atoms with Gasteiger partial charge in [-0.3, -0.25) is 14.4 Å². The number of rotatable bonds is 13. The van der Waals surface area contributed by atoms with Crippen molar-refractivity contribution < 1.29 is 108 Å². The van der Waals surface area contributed by atoms with Crippen molar-refractivity contribution in [3.05, 3.63) is 52.2 Å². The molecule has 3 aliphatic heterocycles. The average Bonchev–Trinajstić information content (AvgIpc) is 3.59. The molecule has 0 radical (unpaired) electrons. The minimum absolute atomic E-state index is 0.0221. The van der Waals surface area contributed by atoms with Gasteiger partial charge >= 0.3 is 11.9 Å². The average molecular weight is 965 g/mol. The van der Waals surface area contributed by atoms with Crippen LogP contribution >= 0.6 is 0 Å². The maximum atomic E-state index is 13.7. The van der Waals surface area contributed by atoms with Crippen LogP contribution in [0.4, 0.5) is 0 Å². The van der Waals surface area contributed by atoms with Crippen molar-refractivity contribution in [2.45, 2.75) is 139 Å². The predicted molar refractivity (Wildman–Crippen MR) is 228 cm³/mol. The number of methoxy groups -OCH3 is 1. The molecule has 0 bridgehead atoms. The van der Waals surface area contributed by atoms with Crippen LogP contribution in [0.25, 0.3) is 27.9 Å². The quantitative estimate of drug-likeness (QED) is 0.0729. The van der Waals surface area contributed by atoms with Crippen LogP contribution < -0.4 is 14.9 Å². The Kier molecular flexibility index (Phi) is 15.1. The van der Waals surface area contributed by atoms with Crippen molar-refractivity contribution in [1.82, 2.24) is 0 Å². The van der Waals surface area contributed by atoms with Crippen molar-refractivity contribution in [2.75, 3.05) is 20.3 Å². The number of phenolic OH excluding ortho intramolecular Hbond substituents is 2. The van der Waals surface area contributed by atoms with Crippen molar-refractivity contribution in [2.24, 2.45) is 5.41 Å². The maximum absolute atomic E-state index is 13.7. The molecule has 7 rings (SSSR count). The third-order valence-electron chi connectivity index (χ3n) is 12.4. The highest BCUT2D eigenvalue weighted by Crippen LogP contribution is 2.49. The molecule has 23 heteroatoms. The standard InChI is InChI=1S/C45H56O23/c1-16-31(50)36(55)38(57)42(61-16)68-41-40(67-43-39(58)37(56)33(52)29(66-43)15-60-17(2)47)34(53)28(14-46)65-44(41)64-27-12-26-30(35(54)32(27)51)23(49)11-25(63-26)19-7-8-24(59-6)21(9-19)22-10-20(62-18(3)48)13-45(22,4)5/h7-12,16,20,28-29,31,33-34,36-44,46,50-58H,13-15H2,1-6H3/t16-,20-,28+,29+,31-,33+,34+,36+,37-,38+,39+,40-,41+,42-,43-,44+/m0/s1. The Bertz CT molecular complexity index is 2420. The van der Waals surface area contributed by atoms with Crippen LogP contribution in [0.3, 0.4) is 0 Å². The van der Waals surface area contributed by atoms with Gasteiger partial charge < -0.3 is 98.1 Å². The van der Waals surface area contributed by atoms with E-state index in [4.69, 9.17) is 47.0 Å². The number of carbonyl (C=O) groups excluding carboxylic acids is 2. The molecule has 0 amide bonds. The van der Waals surface area contributed by atoms with E-state index in [-0.39, 0.29) is 11.3 Å². The summed E-state index contributed by atoms with van der Waals surface area (Å²) in [6, 6.07) is 7.06. The highest BCUT2D eigenvalue weighted by molar-refractivity contribution is 5.90. The van der Waals surface area contributed by atoms with E-state index < -0.39 is 157 Å². The van der Waals surface area contributed by atoms with Crippen LogP contribution in [0.2, 0.25) is 0 Å². The number of hydrogen-bond donors (Lipinski definition) is 10. The number of phenols is 2. The number of aromatic hydroxyl groups is 2. The molecule has 1 aliphatic carbocycles. The molecular formula is C45H56O23. The number of carbonyl (C=O) groups is 2. The monoisotopic (exact) mass is 964 g/mol. The molecule has 2 aromatic carbocycles. The Morgan fingerprint density at radius 1 is 0.750 bits per heavy atom. The van der Waals surface area contributed by atoms with Crippen LogP contribution in [0.1, 0.15) is 46.6 Å². The van der Waals surface area contributed by atoms with Gasteiger partial charge in [0.15, 0.2) is 35.6 Å². The number of ether oxygens (including phenoxy) is 9. The van der Waals surface area contributed by atoms with Gasteiger partial charge in [-0.05, 0) is 48.6 Å². The van der Waals surface area contributed by atoms with Crippen LogP contribution in [0.15, 0.2) is 45.6 Å². The van der Waals surface area contributed by atoms with Gasteiger partial charge in [-0.2, -0.15) is 0 Å². The predicted octanol–water partition coefficient (Wildman–Crippen LogP) is -0.950. The van der Waals surface area contributed by atoms with Gasteiger partial charge in [0.05, 0.1) is 19.8 Å². The summed E-state index contributed by atoms with van der Waals surface area (Å²) in [6.45, 7) is 6.07. The molecule has 3 aromatic rings. The first kappa shape index (κ1) is 50.9. The van der Waals surface area contributed by atoms with Gasteiger partial charge in [-0.15, -0.1) is 0 Å². The third-order valence-corrected chi connectivity index (χ3v) is 12.4. The number of allylic oxidation sites excluding steroid dienone is 1. The van der Waals surface area contributed by atoms with Crippen LogP contribution in [-0.2, 0) is 42.7 Å². The van der Waals surface area contributed by atoms with E-state index in [1.807, 2.05) is 19.9 Å². The second kappa shape index (κ2) is 20.2. The summed E-state index contributed by atoms with van der Waals surface area (Å²) in [5.41, 5.74) is 0.108. The minimum Gasteiger partial charge on any atom is -0.504 e. The Balaban J connectivity index is 1.28. The van der Waals surface area contributed by atoms with Gasteiger partial charge in [-0.25, -0.2) is 0 Å². The highest BCUT2D eigenvalue weighted by Gasteiger charge is 2.55. The summed E-state index contributed by atoms with van der Waals surface area (Å²) in [5, 5.41) is 108. The molecule has 4 aliphatic rings. The molecule has 3 saturated heterocycles. The Labute approximate surface area is 387 Å². The number of fused-ring (bicyclic) bond motifs is 1. The number of hydrogen-bond acceptors (Lipinski definition) is 23. The van der Waals surface area contributed by atoms with Crippen LogP contribution in [0.5, 0.6) is 23.0 Å². The van der Waals surface area contributed by atoms with Gasteiger partial charge in [0, 0.05) is 37.1 Å². The topological polar surface area (TPSA) is 350 Å². The lowest BCUT2D eigenvalue weighted by Gasteiger charge is -2.48. The van der Waals surface area contributed by atoms with Crippen LogP contribution in [-0.4, -0.2) is 182 Å². The lowest BCUT2D eigenvalue weighted by molar-refractivity contribution is -0.383. The SMILES string of the molecule is COc1ccc(-c2cc(=O)c3c(O)c(O)c(O[C@@H]4O[C@H](CO)[C@@H](O)[C@H](O[C@@H]5O[C@H](COC(C)=O)[C@@H](O)[C@H](O)[C@H]5O)[C@H]4O[C@@H]4O[C@@H](C)[C@H](O)[C@@H](O)[C@H]4O)cc3o2)cc1C1=C[C@H](OC(C)=O)CC1(C)C. The van der Waals surface area contributed by atoms with Crippen molar-refractivity contribution >= 4 is 28.5 Å². The van der Waals surface area contributed by atoms with Gasteiger partial charge in [0.2, 0.25) is 12.0 Å². The van der Waals surface area contributed by atoms with Crippen LogP contribution in [0, 0.1) is 5.41 Å². The van der Waals surface area contributed by atoms with Crippen molar-refractivity contribution in [3.8, 4) is 34.3 Å². The molecular weight excluding hydrogens is 908 g/mol. The molecule has 68 heavy (non-hydrogen) atoms. The summed E-state index contributed by atoms with van der Waals surface area (Å²) in [7, 11) is 1.48. The summed E-state index contributed by atoms with van der Waals surface area (Å²) >= 11 is 0. The van der Waals surface area contributed by atoms with E-state index in [9.17, 15) is 65.4 Å². The summed E-state index contributed by atoms with van der Waals surface area (Å²) in [5.74, 6) is -3.50. The smallest absolute Gasteiger partial charge is 0.303 e. The Morgan fingerprint density at radius 3 is 2.04 bits per heavy atom. The van der Waals surface area contributed by atoms with Gasteiger partial charge in [-0.1, -0.05) is 13.8 Å². The van der Waals surface area contributed by atoms with Gasteiger partial charge in [0.25, 0.3) is 0 Å². The summed E-state index contributed by atoms with van der Waals surface area (Å²) < 4.78 is 57.6. The highest BCUT2D eigenvalue weighted by atomic mass is 16.8. The Hall–Kier alpha value is -4.99. The zero-order chi connectivity index (χ0) is 49.7. The molecule has 0 unspecified atom stereocenters. The zero-order valence-corrected chi connectivity index (χ0v) is 37.6. The number of aliphatic hydroxyl groups is 8. The fourth-order valence-electron chi connectivity index (χ4n) is 8.76. The van der Waals surface area contributed by atoms with Crippen molar-refractivity contribution in [3.63, 3.8) is 0 Å². The van der Waals surface area contributed by atoms with Crippen molar-refractivity contribution in [1.29, 1.82) is 0 Å². The molecule has 0 spiro atoms. The first-order chi connectivity index (χ1) is 32.0. The van der Waals surface area contributed by atoms with E-state index in [1.54, 1.807) is 18.2 Å². The minimum atomic E-state index is -2.06. The third kappa shape index (κ3) is 10.0.